The van der Waals surface area contributed by atoms with E-state index in [1.807, 2.05) is 0 Å². The second-order valence-electron chi connectivity index (χ2n) is 5.60. The lowest BCUT2D eigenvalue weighted by Crippen LogP contribution is -2.33. The zero-order valence-corrected chi connectivity index (χ0v) is 13.5. The van der Waals surface area contributed by atoms with E-state index < -0.39 is 23.6 Å². The lowest BCUT2D eigenvalue weighted by molar-refractivity contribution is -0.136. The van der Waals surface area contributed by atoms with Crippen LogP contribution in [0.5, 0.6) is 0 Å². The summed E-state index contributed by atoms with van der Waals surface area (Å²) in [6.45, 7) is 3.18. The van der Waals surface area contributed by atoms with Crippen molar-refractivity contribution in [1.82, 2.24) is 0 Å². The third kappa shape index (κ3) is 3.25. The van der Waals surface area contributed by atoms with E-state index >= 15 is 0 Å². The maximum atomic E-state index is 14.1. The quantitative estimate of drug-likeness (QED) is 0.745. The number of nitrogens with zero attached hydrogens (tertiary/aromatic N) is 1. The molecule has 1 aromatic rings. The molecular formula is C17H19F2NO4. The smallest absolute Gasteiger partial charge is 0.353 e. The molecule has 0 unspecified atom stereocenters. The Bertz CT molecular complexity index is 711. The highest BCUT2D eigenvalue weighted by atomic mass is 19.2. The topological polar surface area (TPSA) is 77.8 Å². The molecule has 1 fully saturated rings. The van der Waals surface area contributed by atoms with Crippen LogP contribution in [0.1, 0.15) is 38.7 Å². The molecule has 0 heterocycles. The molecule has 5 nitrogen and oxygen atoms in total. The lowest BCUT2D eigenvalue weighted by Gasteiger charge is -2.29. The summed E-state index contributed by atoms with van der Waals surface area (Å²) < 4.78 is 27.7. The van der Waals surface area contributed by atoms with Crippen molar-refractivity contribution in [3.8, 4) is 0 Å². The molecular weight excluding hydrogens is 320 g/mol. The van der Waals surface area contributed by atoms with Crippen LogP contribution in [-0.2, 0) is 16.0 Å². The van der Waals surface area contributed by atoms with E-state index in [0.29, 0.717) is 12.8 Å². The Kier molecular flexibility index (Phi) is 5.21. The van der Waals surface area contributed by atoms with Gasteiger partial charge >= 0.3 is 11.9 Å². The third-order valence-corrected chi connectivity index (χ3v) is 4.04. The third-order valence-electron chi connectivity index (χ3n) is 4.04. The van der Waals surface area contributed by atoms with Crippen LogP contribution < -0.4 is 4.90 Å². The van der Waals surface area contributed by atoms with Gasteiger partial charge in [-0.1, -0.05) is 13.8 Å². The fourth-order valence-corrected chi connectivity index (χ4v) is 2.77. The first kappa shape index (κ1) is 17.9. The van der Waals surface area contributed by atoms with Gasteiger partial charge in [-0.3, -0.25) is 0 Å². The highest BCUT2D eigenvalue weighted by Gasteiger charge is 2.38. The number of halogens is 2. The number of carbonyl (C=O) groups is 2. The van der Waals surface area contributed by atoms with Crippen LogP contribution in [-0.4, -0.2) is 28.2 Å². The molecule has 0 amide bonds. The van der Waals surface area contributed by atoms with Crippen molar-refractivity contribution in [2.24, 2.45) is 0 Å². The molecule has 24 heavy (non-hydrogen) atoms. The maximum Gasteiger partial charge on any atom is 0.353 e. The molecule has 0 aromatic heterocycles. The Morgan fingerprint density at radius 1 is 1.17 bits per heavy atom. The van der Waals surface area contributed by atoms with Gasteiger partial charge < -0.3 is 15.1 Å². The Morgan fingerprint density at radius 3 is 2.21 bits per heavy atom. The van der Waals surface area contributed by atoms with Crippen molar-refractivity contribution in [3.63, 3.8) is 0 Å². The van der Waals surface area contributed by atoms with Crippen LogP contribution in [0.4, 0.5) is 14.5 Å². The van der Waals surface area contributed by atoms with Gasteiger partial charge in [0.25, 0.3) is 0 Å². The van der Waals surface area contributed by atoms with Gasteiger partial charge in [0.1, 0.15) is 5.70 Å². The van der Waals surface area contributed by atoms with Gasteiger partial charge in [0.05, 0.1) is 5.57 Å². The molecule has 0 bridgehead atoms. The van der Waals surface area contributed by atoms with Crippen LogP contribution in [0.15, 0.2) is 23.4 Å². The van der Waals surface area contributed by atoms with Crippen molar-refractivity contribution in [2.45, 2.75) is 45.6 Å². The van der Waals surface area contributed by atoms with E-state index in [-0.39, 0.29) is 41.4 Å². The largest absolute Gasteiger partial charge is 0.478 e. The second-order valence-corrected chi connectivity index (χ2v) is 5.60. The summed E-state index contributed by atoms with van der Waals surface area (Å²) in [7, 11) is 0. The van der Waals surface area contributed by atoms with E-state index in [1.54, 1.807) is 13.8 Å². The number of benzene rings is 1. The number of anilines is 1. The summed E-state index contributed by atoms with van der Waals surface area (Å²) in [4.78, 5) is 24.6. The summed E-state index contributed by atoms with van der Waals surface area (Å²) in [5.74, 6) is -4.77. The molecule has 2 N–H and O–H groups in total. The minimum Gasteiger partial charge on any atom is -0.478 e. The number of aliphatic carboxylic acids is 2. The van der Waals surface area contributed by atoms with Crippen molar-refractivity contribution in [2.75, 3.05) is 4.90 Å². The molecule has 1 aliphatic rings. The van der Waals surface area contributed by atoms with Crippen LogP contribution in [0.25, 0.3) is 0 Å². The van der Waals surface area contributed by atoms with Crippen LogP contribution >= 0.6 is 0 Å². The summed E-state index contributed by atoms with van der Waals surface area (Å²) in [6.07, 6.45) is 1.49. The molecule has 1 aliphatic carbocycles. The molecule has 1 aromatic carbocycles. The minimum absolute atomic E-state index is 0.00528. The lowest BCUT2D eigenvalue weighted by atomic mass is 10.0. The van der Waals surface area contributed by atoms with Gasteiger partial charge in [0, 0.05) is 17.3 Å². The van der Waals surface area contributed by atoms with Crippen molar-refractivity contribution in [3.05, 3.63) is 40.6 Å². The van der Waals surface area contributed by atoms with Gasteiger partial charge in [-0.25, -0.2) is 18.4 Å². The van der Waals surface area contributed by atoms with Gasteiger partial charge in [0.15, 0.2) is 11.6 Å². The monoisotopic (exact) mass is 339 g/mol. The molecule has 2 rings (SSSR count). The molecule has 7 heteroatoms. The van der Waals surface area contributed by atoms with Gasteiger partial charge in [-0.05, 0) is 37.8 Å². The van der Waals surface area contributed by atoms with Crippen molar-refractivity contribution >= 4 is 17.6 Å². The number of carboxylic acids is 2. The predicted molar refractivity (Wildman–Crippen MR) is 83.8 cm³/mol. The van der Waals surface area contributed by atoms with E-state index in [2.05, 4.69) is 0 Å². The minimum atomic E-state index is -1.40. The van der Waals surface area contributed by atoms with Gasteiger partial charge in [0.2, 0.25) is 0 Å². The van der Waals surface area contributed by atoms with E-state index in [4.69, 9.17) is 0 Å². The molecule has 0 radical (unpaired) electrons. The number of rotatable bonds is 7. The second kappa shape index (κ2) is 6.98. The average molecular weight is 339 g/mol. The molecule has 0 atom stereocenters. The van der Waals surface area contributed by atoms with Crippen molar-refractivity contribution in [1.29, 1.82) is 0 Å². The van der Waals surface area contributed by atoms with Crippen LogP contribution in [0.3, 0.4) is 0 Å². The fourth-order valence-electron chi connectivity index (χ4n) is 2.77. The first-order valence-electron chi connectivity index (χ1n) is 7.79. The summed E-state index contributed by atoms with van der Waals surface area (Å²) in [5.41, 5.74) is -0.389. The first-order chi connectivity index (χ1) is 11.3. The summed E-state index contributed by atoms with van der Waals surface area (Å²) in [6, 6.07) is 2.02. The van der Waals surface area contributed by atoms with Gasteiger partial charge in [-0.2, -0.15) is 0 Å². The van der Waals surface area contributed by atoms with E-state index in [1.165, 1.54) is 11.0 Å². The Balaban J connectivity index is 2.72. The van der Waals surface area contributed by atoms with E-state index in [0.717, 1.165) is 6.07 Å². The number of hydrogen-bond acceptors (Lipinski definition) is 3. The fraction of sp³-hybridized carbons (Fsp3) is 0.412. The molecule has 130 valence electrons. The van der Waals surface area contributed by atoms with Crippen LogP contribution in [0, 0.1) is 11.6 Å². The molecule has 0 saturated heterocycles. The zero-order chi connectivity index (χ0) is 18.0. The standard InChI is InChI=1S/C17H19F2NO4/c1-3-10-13(8-7-12(18)14(10)19)20(9-5-6-9)15(17(23)24)11(4-2)16(21)22/h7-9H,3-6H2,1-2H3,(H,21,22)(H,23,24). The SMILES string of the molecule is CCC(C(=O)O)=C(C(=O)O)N(c1ccc(F)c(F)c1CC)C1CC1. The summed E-state index contributed by atoms with van der Waals surface area (Å²) >= 11 is 0. The Hall–Kier alpha value is -2.44. The number of carboxylic acid groups (broad SMARTS) is 2. The average Bonchev–Trinajstić information content (AvgIpc) is 3.34. The van der Waals surface area contributed by atoms with Crippen LogP contribution in [0.2, 0.25) is 0 Å². The maximum absolute atomic E-state index is 14.1. The van der Waals surface area contributed by atoms with E-state index in [9.17, 15) is 28.6 Å². The molecule has 1 saturated carbocycles. The molecule has 0 aliphatic heterocycles. The van der Waals surface area contributed by atoms with Crippen molar-refractivity contribution < 1.29 is 28.6 Å². The Morgan fingerprint density at radius 2 is 1.79 bits per heavy atom. The Labute approximate surface area is 138 Å². The molecule has 0 spiro atoms. The van der Waals surface area contributed by atoms with Gasteiger partial charge in [-0.15, -0.1) is 0 Å². The zero-order valence-electron chi connectivity index (χ0n) is 13.5. The first-order valence-corrected chi connectivity index (χ1v) is 7.79. The highest BCUT2D eigenvalue weighted by molar-refractivity contribution is 6.01. The highest BCUT2D eigenvalue weighted by Crippen LogP contribution is 2.39. The summed E-state index contributed by atoms with van der Waals surface area (Å²) in [5, 5.41) is 18.9. The normalized spacial score (nSPS) is 15.0. The predicted octanol–water partition coefficient (Wildman–Crippen LogP) is 3.33. The number of hydrogen-bond donors (Lipinski definition) is 2.